The number of quaternary nitrogens is 1. The summed E-state index contributed by atoms with van der Waals surface area (Å²) in [6.07, 6.45) is 20.3. The zero-order valence-corrected chi connectivity index (χ0v) is 21.6. The molecule has 1 N–H and O–H groups in total. The number of nitrogens with zero attached hydrogens (tertiary/aromatic N) is 1. The van der Waals surface area contributed by atoms with Gasteiger partial charge in [0.05, 0.1) is 32.5 Å². The molecule has 0 unspecified atom stereocenters. The lowest BCUT2D eigenvalue weighted by Crippen LogP contribution is -2.41. The van der Waals surface area contributed by atoms with E-state index in [9.17, 15) is 13.2 Å². The van der Waals surface area contributed by atoms with Crippen molar-refractivity contribution in [3.05, 3.63) is 0 Å². The second kappa shape index (κ2) is 18.7. The first kappa shape index (κ1) is 32.3. The molecule has 4 nitrogen and oxygen atoms in total. The lowest BCUT2D eigenvalue weighted by atomic mass is 10.0. The van der Waals surface area contributed by atoms with Crippen LogP contribution in [0, 0.1) is 0 Å². The SMILES string of the molecule is CCCCCCCCCCCCCCCC[N+](C)(C)CCBr.O=S(=O)(O)C(F)(F)F. The molecule has 0 aromatic heterocycles. The second-order valence-electron chi connectivity index (χ2n) is 8.59. The van der Waals surface area contributed by atoms with Crippen molar-refractivity contribution in [1.29, 1.82) is 0 Å². The molecular formula is C21H44BrF3NO3S+. The van der Waals surface area contributed by atoms with Crippen LogP contribution in [0.4, 0.5) is 13.2 Å². The van der Waals surface area contributed by atoms with Gasteiger partial charge in [-0.1, -0.05) is 99.9 Å². The van der Waals surface area contributed by atoms with Gasteiger partial charge in [0.2, 0.25) is 0 Å². The molecule has 0 radical (unpaired) electrons. The van der Waals surface area contributed by atoms with Crippen LogP contribution in [0.25, 0.3) is 0 Å². The maximum Gasteiger partial charge on any atom is 0.522 e. The molecule has 0 spiro atoms. The van der Waals surface area contributed by atoms with Crippen molar-refractivity contribution >= 4 is 26.0 Å². The standard InChI is InChI=1S/C20H43BrN.CHF3O3S/c1-4-5-6-7-8-9-10-11-12-13-14-15-16-17-19-22(2,3)20-18-21;2-1(3,4)8(5,6)7/h4-20H2,1-3H3;(H,5,6,7)/q+1;. The fourth-order valence-corrected chi connectivity index (χ4v) is 4.04. The molecule has 184 valence electrons. The maximum atomic E-state index is 10.7. The van der Waals surface area contributed by atoms with E-state index in [0.717, 1.165) is 5.33 Å². The normalized spacial score (nSPS) is 12.5. The van der Waals surface area contributed by atoms with Crippen molar-refractivity contribution in [3.63, 3.8) is 0 Å². The summed E-state index contributed by atoms with van der Waals surface area (Å²) in [6, 6.07) is 0. The molecule has 0 heterocycles. The van der Waals surface area contributed by atoms with Crippen LogP contribution in [-0.2, 0) is 10.1 Å². The van der Waals surface area contributed by atoms with Gasteiger partial charge in [-0.05, 0) is 12.8 Å². The average Bonchev–Trinajstić information content (AvgIpc) is 2.60. The number of hydrogen-bond donors (Lipinski definition) is 1. The Bertz CT molecular complexity index is 486. The molecule has 0 atom stereocenters. The minimum absolute atomic E-state index is 1.12. The Morgan fingerprint density at radius 2 is 1.03 bits per heavy atom. The van der Waals surface area contributed by atoms with Crippen molar-refractivity contribution < 1.29 is 30.6 Å². The summed E-state index contributed by atoms with van der Waals surface area (Å²) in [6.45, 7) is 4.88. The van der Waals surface area contributed by atoms with E-state index in [0.29, 0.717) is 0 Å². The van der Waals surface area contributed by atoms with Crippen LogP contribution in [0.3, 0.4) is 0 Å². The van der Waals surface area contributed by atoms with Crippen LogP contribution in [0.1, 0.15) is 96.8 Å². The highest BCUT2D eigenvalue weighted by Gasteiger charge is 2.44. The Balaban J connectivity index is 0. The molecule has 0 aliphatic rings. The van der Waals surface area contributed by atoms with E-state index in [2.05, 4.69) is 36.9 Å². The van der Waals surface area contributed by atoms with E-state index in [4.69, 9.17) is 13.0 Å². The van der Waals surface area contributed by atoms with Crippen molar-refractivity contribution in [2.45, 2.75) is 102 Å². The summed E-state index contributed by atoms with van der Waals surface area (Å²) in [7, 11) is -1.14. The summed E-state index contributed by atoms with van der Waals surface area (Å²) in [5.41, 5.74) is -5.53. The molecule has 0 bridgehead atoms. The zero-order valence-electron chi connectivity index (χ0n) is 19.2. The van der Waals surface area contributed by atoms with Gasteiger partial charge in [-0.15, -0.1) is 0 Å². The van der Waals surface area contributed by atoms with E-state index in [1.807, 2.05) is 0 Å². The van der Waals surface area contributed by atoms with Crippen LogP contribution in [0.2, 0.25) is 0 Å². The van der Waals surface area contributed by atoms with E-state index in [1.165, 1.54) is 107 Å². The van der Waals surface area contributed by atoms with Crippen LogP contribution in [0.5, 0.6) is 0 Å². The molecule has 0 rings (SSSR count). The summed E-state index contributed by atoms with van der Waals surface area (Å²) in [5.74, 6) is 0. The van der Waals surface area contributed by atoms with Gasteiger partial charge in [0, 0.05) is 0 Å². The smallest absolute Gasteiger partial charge is 0.328 e. The van der Waals surface area contributed by atoms with E-state index in [1.54, 1.807) is 0 Å². The van der Waals surface area contributed by atoms with Gasteiger partial charge in [-0.2, -0.15) is 21.6 Å². The third-order valence-electron chi connectivity index (χ3n) is 5.10. The molecule has 0 aromatic rings. The molecule has 0 amide bonds. The lowest BCUT2D eigenvalue weighted by molar-refractivity contribution is -0.887. The van der Waals surface area contributed by atoms with Crippen molar-refractivity contribution in [3.8, 4) is 0 Å². The number of rotatable bonds is 17. The van der Waals surface area contributed by atoms with Gasteiger partial charge in [0.25, 0.3) is 0 Å². The largest absolute Gasteiger partial charge is 0.522 e. The monoisotopic (exact) mass is 526 g/mol. The Labute approximate surface area is 191 Å². The van der Waals surface area contributed by atoms with Crippen LogP contribution < -0.4 is 0 Å². The van der Waals surface area contributed by atoms with Crippen molar-refractivity contribution in [2.75, 3.05) is 32.5 Å². The van der Waals surface area contributed by atoms with E-state index < -0.39 is 15.6 Å². The summed E-state index contributed by atoms with van der Waals surface area (Å²) in [4.78, 5) is 0. The third kappa shape index (κ3) is 22.8. The molecule has 0 saturated carbocycles. The molecule has 0 aromatic carbocycles. The minimum atomic E-state index is -5.84. The van der Waals surface area contributed by atoms with Gasteiger partial charge >= 0.3 is 15.6 Å². The fraction of sp³-hybridized carbons (Fsp3) is 1.00. The molecule has 0 saturated heterocycles. The highest BCUT2D eigenvalue weighted by molar-refractivity contribution is 9.09. The van der Waals surface area contributed by atoms with Gasteiger partial charge in [-0.3, -0.25) is 4.55 Å². The first-order valence-corrected chi connectivity index (χ1v) is 13.8. The van der Waals surface area contributed by atoms with Crippen LogP contribution >= 0.6 is 15.9 Å². The summed E-state index contributed by atoms with van der Waals surface area (Å²) >= 11 is 3.55. The Hall–Kier alpha value is 0.140. The average molecular weight is 528 g/mol. The Morgan fingerprint density at radius 1 is 0.733 bits per heavy atom. The highest BCUT2D eigenvalue weighted by Crippen LogP contribution is 2.20. The minimum Gasteiger partial charge on any atom is -0.328 e. The number of hydrogen-bond acceptors (Lipinski definition) is 2. The van der Waals surface area contributed by atoms with Crippen molar-refractivity contribution in [2.24, 2.45) is 0 Å². The van der Waals surface area contributed by atoms with Gasteiger partial charge in [0.15, 0.2) is 0 Å². The molecule has 30 heavy (non-hydrogen) atoms. The summed E-state index contributed by atoms with van der Waals surface area (Å²) < 4.78 is 58.7. The topological polar surface area (TPSA) is 54.4 Å². The number of unbranched alkanes of at least 4 members (excludes halogenated alkanes) is 13. The van der Waals surface area contributed by atoms with E-state index >= 15 is 0 Å². The molecule has 0 aliphatic carbocycles. The molecule has 0 aliphatic heterocycles. The molecular weight excluding hydrogens is 483 g/mol. The Kier molecular flexibility index (Phi) is 20.1. The highest BCUT2D eigenvalue weighted by atomic mass is 79.9. The first-order chi connectivity index (χ1) is 13.9. The predicted molar refractivity (Wildman–Crippen MR) is 124 cm³/mol. The van der Waals surface area contributed by atoms with Crippen molar-refractivity contribution in [1.82, 2.24) is 0 Å². The number of alkyl halides is 4. The second-order valence-corrected chi connectivity index (χ2v) is 10.8. The summed E-state index contributed by atoms with van der Waals surface area (Å²) in [5, 5.41) is 1.12. The third-order valence-corrected chi connectivity index (χ3v) is 6.04. The lowest BCUT2D eigenvalue weighted by Gasteiger charge is -2.29. The molecule has 9 heteroatoms. The van der Waals surface area contributed by atoms with Gasteiger partial charge < -0.3 is 4.48 Å². The van der Waals surface area contributed by atoms with Gasteiger partial charge in [-0.25, -0.2) is 0 Å². The van der Waals surface area contributed by atoms with Crippen LogP contribution in [0.15, 0.2) is 0 Å². The van der Waals surface area contributed by atoms with Crippen LogP contribution in [-0.4, -0.2) is 55.5 Å². The van der Waals surface area contributed by atoms with E-state index in [-0.39, 0.29) is 0 Å². The fourth-order valence-electron chi connectivity index (χ4n) is 3.07. The number of halogens is 4. The Morgan fingerprint density at radius 3 is 1.30 bits per heavy atom. The molecule has 0 fully saturated rings. The zero-order chi connectivity index (χ0) is 23.5. The quantitative estimate of drug-likeness (QED) is 0.0708. The maximum absolute atomic E-state index is 10.7. The predicted octanol–water partition coefficient (Wildman–Crippen LogP) is 7.33. The first-order valence-electron chi connectivity index (χ1n) is 11.3. The van der Waals surface area contributed by atoms with Gasteiger partial charge in [0.1, 0.15) is 0 Å².